The fraction of sp³-hybridized carbons (Fsp3) is 0.0909. The molecule has 0 fully saturated rings. The summed E-state index contributed by atoms with van der Waals surface area (Å²) in [5.74, 6) is -0.0788. The largest absolute Gasteiger partial charge is 0.326 e. The van der Waals surface area contributed by atoms with Crippen LogP contribution in [0.5, 0.6) is 0 Å². The Morgan fingerprint density at radius 1 is 0.885 bits per heavy atom. The lowest BCUT2D eigenvalue weighted by molar-refractivity contribution is -0.114. The van der Waals surface area contributed by atoms with Crippen LogP contribution in [0.4, 0.5) is 11.4 Å². The Labute approximate surface area is 158 Å². The summed E-state index contributed by atoms with van der Waals surface area (Å²) in [6.07, 6.45) is 1.84. The summed E-state index contributed by atoms with van der Waals surface area (Å²) in [4.78, 5) is 17.9. The maximum absolute atomic E-state index is 11.0. The molecule has 0 spiro atoms. The minimum atomic E-state index is -0.0788. The van der Waals surface area contributed by atoms with Crippen molar-refractivity contribution in [3.63, 3.8) is 0 Å². The van der Waals surface area contributed by atoms with E-state index in [9.17, 15) is 4.79 Å². The number of benzene rings is 3. The minimum Gasteiger partial charge on any atom is -0.326 e. The van der Waals surface area contributed by atoms with E-state index in [1.165, 1.54) is 22.3 Å². The lowest BCUT2D eigenvalue weighted by atomic mass is 10.2. The van der Waals surface area contributed by atoms with E-state index < -0.39 is 0 Å². The number of nitrogens with one attached hydrogen (secondary N) is 1. The molecule has 0 aliphatic rings. The Morgan fingerprint density at radius 2 is 1.46 bits per heavy atom. The van der Waals surface area contributed by atoms with Crippen molar-refractivity contribution in [1.29, 1.82) is 0 Å². The zero-order chi connectivity index (χ0) is 18.4. The normalized spacial score (nSPS) is 10.8. The van der Waals surface area contributed by atoms with E-state index in [-0.39, 0.29) is 5.91 Å². The Morgan fingerprint density at radius 3 is 2.04 bits per heavy atom. The number of hydrogen-bond donors (Lipinski definition) is 1. The van der Waals surface area contributed by atoms with Gasteiger partial charge in [-0.1, -0.05) is 41.6 Å². The van der Waals surface area contributed by atoms with Gasteiger partial charge in [-0.05, 0) is 61.0 Å². The first-order valence-electron chi connectivity index (χ1n) is 8.35. The lowest BCUT2D eigenvalue weighted by Gasteiger charge is -2.03. The topological polar surface area (TPSA) is 41.5 Å². The van der Waals surface area contributed by atoms with Crippen LogP contribution in [0.3, 0.4) is 0 Å². The highest BCUT2D eigenvalue weighted by atomic mass is 32.2. The van der Waals surface area contributed by atoms with Crippen molar-refractivity contribution >= 4 is 35.3 Å². The molecular formula is C22H20N2OS. The van der Waals surface area contributed by atoms with E-state index in [2.05, 4.69) is 65.8 Å². The number of carbonyl (C=O) groups is 1. The van der Waals surface area contributed by atoms with Gasteiger partial charge in [0, 0.05) is 28.6 Å². The zero-order valence-electron chi connectivity index (χ0n) is 14.8. The highest BCUT2D eigenvalue weighted by Gasteiger charge is 1.98. The van der Waals surface area contributed by atoms with E-state index in [0.29, 0.717) is 0 Å². The van der Waals surface area contributed by atoms with Gasteiger partial charge >= 0.3 is 0 Å². The summed E-state index contributed by atoms with van der Waals surface area (Å²) in [5.41, 5.74) is 3.93. The second kappa shape index (κ2) is 8.50. The minimum absolute atomic E-state index is 0.0788. The van der Waals surface area contributed by atoms with Crippen LogP contribution in [0.2, 0.25) is 0 Å². The molecule has 4 heteroatoms. The second-order valence-electron chi connectivity index (χ2n) is 5.97. The molecule has 0 aliphatic heterocycles. The lowest BCUT2D eigenvalue weighted by Crippen LogP contribution is -2.04. The second-order valence-corrected chi connectivity index (χ2v) is 7.12. The van der Waals surface area contributed by atoms with Crippen LogP contribution in [0, 0.1) is 6.92 Å². The molecule has 0 aromatic heterocycles. The van der Waals surface area contributed by atoms with Crippen LogP contribution in [0.1, 0.15) is 18.1 Å². The predicted octanol–water partition coefficient (Wildman–Crippen LogP) is 5.86. The molecule has 3 aromatic carbocycles. The van der Waals surface area contributed by atoms with Crippen LogP contribution in [-0.4, -0.2) is 12.1 Å². The van der Waals surface area contributed by atoms with E-state index in [4.69, 9.17) is 0 Å². The first-order valence-corrected chi connectivity index (χ1v) is 9.16. The average molecular weight is 360 g/mol. The van der Waals surface area contributed by atoms with Crippen molar-refractivity contribution in [2.75, 3.05) is 5.32 Å². The van der Waals surface area contributed by atoms with Gasteiger partial charge < -0.3 is 5.32 Å². The standard InChI is InChI=1S/C22H20N2OS/c1-16-3-11-21(12-4-16)26-22-13-5-18(6-14-22)15-23-19-7-9-20(10-8-19)24-17(2)25/h3-15H,1-2H3,(H,24,25). The third-order valence-corrected chi connectivity index (χ3v) is 4.70. The van der Waals surface area contributed by atoms with Crippen molar-refractivity contribution in [2.45, 2.75) is 23.6 Å². The van der Waals surface area contributed by atoms with Crippen LogP contribution in [0.25, 0.3) is 0 Å². The van der Waals surface area contributed by atoms with Gasteiger partial charge in [0.1, 0.15) is 0 Å². The van der Waals surface area contributed by atoms with E-state index in [1.54, 1.807) is 11.8 Å². The number of carbonyl (C=O) groups excluding carboxylic acids is 1. The number of amides is 1. The summed E-state index contributed by atoms with van der Waals surface area (Å²) in [7, 11) is 0. The summed E-state index contributed by atoms with van der Waals surface area (Å²) < 4.78 is 0. The number of hydrogen-bond acceptors (Lipinski definition) is 3. The predicted molar refractivity (Wildman–Crippen MR) is 110 cm³/mol. The molecule has 0 aliphatic carbocycles. The monoisotopic (exact) mass is 360 g/mol. The van der Waals surface area contributed by atoms with E-state index in [1.807, 2.05) is 30.5 Å². The summed E-state index contributed by atoms with van der Waals surface area (Å²) in [6, 6.07) is 24.3. The molecule has 0 atom stereocenters. The molecule has 130 valence electrons. The van der Waals surface area contributed by atoms with Gasteiger partial charge in [0.05, 0.1) is 5.69 Å². The third kappa shape index (κ3) is 5.33. The maximum Gasteiger partial charge on any atom is 0.221 e. The quantitative estimate of drug-likeness (QED) is 0.579. The molecule has 3 aromatic rings. The molecule has 0 radical (unpaired) electrons. The van der Waals surface area contributed by atoms with Crippen molar-refractivity contribution in [3.8, 4) is 0 Å². The first-order chi connectivity index (χ1) is 12.6. The number of nitrogens with zero attached hydrogens (tertiary/aromatic N) is 1. The molecule has 26 heavy (non-hydrogen) atoms. The molecular weight excluding hydrogens is 340 g/mol. The molecule has 0 bridgehead atoms. The highest BCUT2D eigenvalue weighted by molar-refractivity contribution is 7.99. The van der Waals surface area contributed by atoms with Crippen LogP contribution in [-0.2, 0) is 4.79 Å². The van der Waals surface area contributed by atoms with Gasteiger partial charge in [-0.3, -0.25) is 9.79 Å². The zero-order valence-corrected chi connectivity index (χ0v) is 15.6. The van der Waals surface area contributed by atoms with Crippen molar-refractivity contribution in [1.82, 2.24) is 0 Å². The van der Waals surface area contributed by atoms with Gasteiger partial charge in [-0.25, -0.2) is 0 Å². The number of aliphatic imine (C=N–C) groups is 1. The first kappa shape index (κ1) is 18.0. The highest BCUT2D eigenvalue weighted by Crippen LogP contribution is 2.27. The van der Waals surface area contributed by atoms with Gasteiger partial charge in [0.15, 0.2) is 0 Å². The van der Waals surface area contributed by atoms with Gasteiger partial charge in [-0.2, -0.15) is 0 Å². The molecule has 0 saturated heterocycles. The Balaban J connectivity index is 1.62. The third-order valence-electron chi connectivity index (χ3n) is 3.69. The molecule has 1 N–H and O–H groups in total. The molecule has 3 nitrogen and oxygen atoms in total. The summed E-state index contributed by atoms with van der Waals surface area (Å²) >= 11 is 1.75. The van der Waals surface area contributed by atoms with Gasteiger partial charge in [-0.15, -0.1) is 0 Å². The molecule has 3 rings (SSSR count). The molecule has 0 saturated carbocycles. The van der Waals surface area contributed by atoms with Gasteiger partial charge in [0.25, 0.3) is 0 Å². The van der Waals surface area contributed by atoms with Crippen LogP contribution >= 0.6 is 11.8 Å². The maximum atomic E-state index is 11.0. The molecule has 1 amide bonds. The van der Waals surface area contributed by atoms with Gasteiger partial charge in [0.2, 0.25) is 5.91 Å². The summed E-state index contributed by atoms with van der Waals surface area (Å²) in [5, 5.41) is 2.74. The van der Waals surface area contributed by atoms with Crippen molar-refractivity contribution in [3.05, 3.63) is 83.9 Å². The number of anilines is 1. The fourth-order valence-corrected chi connectivity index (χ4v) is 3.16. The smallest absolute Gasteiger partial charge is 0.221 e. The Hall–Kier alpha value is -2.85. The fourth-order valence-electron chi connectivity index (χ4n) is 2.35. The van der Waals surface area contributed by atoms with Crippen molar-refractivity contribution < 1.29 is 4.79 Å². The van der Waals surface area contributed by atoms with E-state index in [0.717, 1.165) is 16.9 Å². The Bertz CT molecular complexity index is 898. The summed E-state index contributed by atoms with van der Waals surface area (Å²) in [6.45, 7) is 3.59. The van der Waals surface area contributed by atoms with Crippen LogP contribution < -0.4 is 5.32 Å². The van der Waals surface area contributed by atoms with E-state index >= 15 is 0 Å². The van der Waals surface area contributed by atoms with Crippen LogP contribution in [0.15, 0.2) is 87.6 Å². The molecule has 0 unspecified atom stereocenters. The number of rotatable bonds is 5. The molecule has 0 heterocycles. The number of aryl methyl sites for hydroxylation is 1. The average Bonchev–Trinajstić information content (AvgIpc) is 2.64. The van der Waals surface area contributed by atoms with Crippen molar-refractivity contribution in [2.24, 2.45) is 4.99 Å². The SMILES string of the molecule is CC(=O)Nc1ccc(N=Cc2ccc(Sc3ccc(C)cc3)cc2)cc1. The Kier molecular flexibility index (Phi) is 5.87.